The molecular weight excluding hydrogens is 345 g/mol. The Kier molecular flexibility index (Phi) is 8.81. The van der Waals surface area contributed by atoms with Gasteiger partial charge in [0, 0.05) is 5.33 Å². The summed E-state index contributed by atoms with van der Waals surface area (Å²) in [5.41, 5.74) is -0.660. The standard InChI is InChI=1S/C16H22BrF3O/c17-11-6-4-2-1-3-5-7-12-21-15-10-8-9-14(13-15)16(18,19)20/h8-10,13H,1-7,11-12H2. The topological polar surface area (TPSA) is 9.23 Å². The minimum absolute atomic E-state index is 0.294. The lowest BCUT2D eigenvalue weighted by Crippen LogP contribution is -2.05. The quantitative estimate of drug-likeness (QED) is 0.353. The van der Waals surface area contributed by atoms with E-state index in [2.05, 4.69) is 15.9 Å². The zero-order valence-corrected chi connectivity index (χ0v) is 13.7. The first-order valence-corrected chi connectivity index (χ1v) is 8.52. The molecule has 0 unspecified atom stereocenters. The van der Waals surface area contributed by atoms with Gasteiger partial charge < -0.3 is 4.74 Å². The SMILES string of the molecule is FC(F)(F)c1cccc(OCCCCCCCCCBr)c1. The predicted molar refractivity (Wildman–Crippen MR) is 83.1 cm³/mol. The summed E-state index contributed by atoms with van der Waals surface area (Å²) < 4.78 is 43.0. The molecule has 0 bridgehead atoms. The second-order valence-corrected chi connectivity index (χ2v) is 5.83. The number of alkyl halides is 4. The summed E-state index contributed by atoms with van der Waals surface area (Å²) >= 11 is 3.41. The van der Waals surface area contributed by atoms with Crippen molar-refractivity contribution < 1.29 is 17.9 Å². The molecule has 0 aromatic heterocycles. The molecule has 1 aromatic rings. The van der Waals surface area contributed by atoms with E-state index in [1.807, 2.05) is 0 Å². The van der Waals surface area contributed by atoms with Gasteiger partial charge in [0.15, 0.2) is 0 Å². The Morgan fingerprint density at radius 2 is 1.52 bits per heavy atom. The molecule has 1 rings (SSSR count). The first-order valence-electron chi connectivity index (χ1n) is 7.40. The highest BCUT2D eigenvalue weighted by atomic mass is 79.9. The second-order valence-electron chi connectivity index (χ2n) is 5.04. The summed E-state index contributed by atoms with van der Waals surface area (Å²) in [5, 5.41) is 1.07. The van der Waals surface area contributed by atoms with Gasteiger partial charge in [-0.25, -0.2) is 0 Å². The summed E-state index contributed by atoms with van der Waals surface area (Å²) in [5.74, 6) is 0.294. The van der Waals surface area contributed by atoms with Crippen molar-refractivity contribution in [2.24, 2.45) is 0 Å². The third-order valence-corrected chi connectivity index (χ3v) is 3.77. The van der Waals surface area contributed by atoms with Crippen molar-refractivity contribution >= 4 is 15.9 Å². The minimum Gasteiger partial charge on any atom is -0.494 e. The second kappa shape index (κ2) is 10.1. The highest BCUT2D eigenvalue weighted by molar-refractivity contribution is 9.09. The Bertz CT molecular complexity index is 393. The largest absolute Gasteiger partial charge is 0.494 e. The molecule has 0 aliphatic carbocycles. The van der Waals surface area contributed by atoms with E-state index in [1.54, 1.807) is 6.07 Å². The van der Waals surface area contributed by atoms with Crippen molar-refractivity contribution in [3.63, 3.8) is 0 Å². The maximum absolute atomic E-state index is 12.5. The van der Waals surface area contributed by atoms with Crippen LogP contribution in [0.3, 0.4) is 0 Å². The van der Waals surface area contributed by atoms with E-state index in [0.29, 0.717) is 12.4 Å². The molecule has 0 aliphatic heterocycles. The molecule has 0 radical (unpaired) electrons. The van der Waals surface area contributed by atoms with Crippen LogP contribution < -0.4 is 4.74 Å². The van der Waals surface area contributed by atoms with Crippen molar-refractivity contribution in [1.82, 2.24) is 0 Å². The number of benzene rings is 1. The van der Waals surface area contributed by atoms with Crippen LogP contribution in [-0.2, 0) is 6.18 Å². The highest BCUT2D eigenvalue weighted by Crippen LogP contribution is 2.31. The summed E-state index contributed by atoms with van der Waals surface area (Å²) in [6.45, 7) is 0.475. The minimum atomic E-state index is -4.31. The number of ether oxygens (including phenoxy) is 1. The molecule has 5 heteroatoms. The van der Waals surface area contributed by atoms with Crippen LogP contribution in [0.1, 0.15) is 50.5 Å². The molecule has 1 nitrogen and oxygen atoms in total. The Hall–Kier alpha value is -0.710. The molecule has 0 aliphatic rings. The van der Waals surface area contributed by atoms with Crippen molar-refractivity contribution in [3.05, 3.63) is 29.8 Å². The van der Waals surface area contributed by atoms with E-state index in [9.17, 15) is 13.2 Å². The van der Waals surface area contributed by atoms with Crippen LogP contribution in [0.25, 0.3) is 0 Å². The lowest BCUT2D eigenvalue weighted by atomic mass is 10.1. The first-order chi connectivity index (χ1) is 10.0. The van der Waals surface area contributed by atoms with Crippen LogP contribution >= 0.6 is 15.9 Å². The summed E-state index contributed by atoms with van der Waals surface area (Å²) in [6, 6.07) is 5.05. The van der Waals surface area contributed by atoms with Crippen molar-refractivity contribution in [2.75, 3.05) is 11.9 Å². The Labute approximate surface area is 133 Å². The fourth-order valence-corrected chi connectivity index (χ4v) is 2.43. The van der Waals surface area contributed by atoms with Crippen LogP contribution in [0, 0.1) is 0 Å². The van der Waals surface area contributed by atoms with Crippen molar-refractivity contribution in [2.45, 2.75) is 51.1 Å². The molecule has 0 spiro atoms. The summed E-state index contributed by atoms with van der Waals surface area (Å²) in [6.07, 6.45) is 3.74. The molecule has 1 aromatic carbocycles. The average Bonchev–Trinajstić information content (AvgIpc) is 2.45. The molecule has 21 heavy (non-hydrogen) atoms. The van der Waals surface area contributed by atoms with Gasteiger partial charge in [-0.15, -0.1) is 0 Å². The smallest absolute Gasteiger partial charge is 0.416 e. The van der Waals surface area contributed by atoms with E-state index in [1.165, 1.54) is 31.7 Å². The van der Waals surface area contributed by atoms with E-state index in [4.69, 9.17) is 4.74 Å². The number of unbranched alkanes of at least 4 members (excludes halogenated alkanes) is 6. The van der Waals surface area contributed by atoms with Crippen LogP contribution in [0.2, 0.25) is 0 Å². The van der Waals surface area contributed by atoms with Gasteiger partial charge in [-0.3, -0.25) is 0 Å². The highest BCUT2D eigenvalue weighted by Gasteiger charge is 2.30. The molecule has 0 saturated heterocycles. The monoisotopic (exact) mass is 366 g/mol. The number of hydrogen-bond donors (Lipinski definition) is 0. The van der Waals surface area contributed by atoms with Gasteiger partial charge in [-0.1, -0.05) is 54.1 Å². The van der Waals surface area contributed by atoms with Crippen LogP contribution in [0.5, 0.6) is 5.75 Å². The van der Waals surface area contributed by atoms with Crippen molar-refractivity contribution in [3.8, 4) is 5.75 Å². The van der Waals surface area contributed by atoms with Gasteiger partial charge in [0.1, 0.15) is 5.75 Å². The third-order valence-electron chi connectivity index (χ3n) is 3.21. The molecule has 0 N–H and O–H groups in total. The summed E-state index contributed by atoms with van der Waals surface area (Å²) in [7, 11) is 0. The molecular formula is C16H22BrF3O. The lowest BCUT2D eigenvalue weighted by Gasteiger charge is -2.10. The predicted octanol–water partition coefficient (Wildman–Crippen LogP) is 6.21. The van der Waals surface area contributed by atoms with Crippen LogP contribution in [0.15, 0.2) is 24.3 Å². The fraction of sp³-hybridized carbons (Fsp3) is 0.625. The van der Waals surface area contributed by atoms with Crippen LogP contribution in [0.4, 0.5) is 13.2 Å². The molecule has 0 amide bonds. The molecule has 0 atom stereocenters. The average molecular weight is 367 g/mol. The van der Waals surface area contributed by atoms with E-state index in [-0.39, 0.29) is 0 Å². The maximum atomic E-state index is 12.5. The van der Waals surface area contributed by atoms with E-state index >= 15 is 0 Å². The zero-order valence-electron chi connectivity index (χ0n) is 12.1. The number of halogens is 4. The van der Waals surface area contributed by atoms with Gasteiger partial charge in [-0.05, 0) is 31.0 Å². The maximum Gasteiger partial charge on any atom is 0.416 e. The Morgan fingerprint density at radius 1 is 0.905 bits per heavy atom. The fourth-order valence-electron chi connectivity index (χ4n) is 2.03. The van der Waals surface area contributed by atoms with Gasteiger partial charge in [0.2, 0.25) is 0 Å². The summed E-state index contributed by atoms with van der Waals surface area (Å²) in [4.78, 5) is 0. The normalized spacial score (nSPS) is 11.6. The first kappa shape index (κ1) is 18.3. The zero-order chi connectivity index (χ0) is 15.6. The van der Waals surface area contributed by atoms with Crippen molar-refractivity contribution in [1.29, 1.82) is 0 Å². The molecule has 0 saturated carbocycles. The number of hydrogen-bond acceptors (Lipinski definition) is 1. The molecule has 0 heterocycles. The lowest BCUT2D eigenvalue weighted by molar-refractivity contribution is -0.137. The van der Waals surface area contributed by atoms with Gasteiger partial charge in [-0.2, -0.15) is 13.2 Å². The number of rotatable bonds is 10. The molecule has 120 valence electrons. The van der Waals surface area contributed by atoms with Gasteiger partial charge >= 0.3 is 6.18 Å². The van der Waals surface area contributed by atoms with Crippen LogP contribution in [-0.4, -0.2) is 11.9 Å². The Morgan fingerprint density at radius 3 is 2.14 bits per heavy atom. The van der Waals surface area contributed by atoms with E-state index < -0.39 is 11.7 Å². The van der Waals surface area contributed by atoms with E-state index in [0.717, 1.165) is 36.7 Å². The molecule has 0 fully saturated rings. The van der Waals surface area contributed by atoms with Gasteiger partial charge in [0.05, 0.1) is 12.2 Å². The van der Waals surface area contributed by atoms with Gasteiger partial charge in [0.25, 0.3) is 0 Å². The Balaban J connectivity index is 2.13. The third kappa shape index (κ3) is 8.34.